The normalized spacial score (nSPS) is 19.8. The molecule has 68 valence electrons. The van der Waals surface area contributed by atoms with E-state index in [9.17, 15) is 9.59 Å². The lowest BCUT2D eigenvalue weighted by Gasteiger charge is -2.27. The van der Waals surface area contributed by atoms with Crippen LogP contribution in [-0.4, -0.2) is 17.8 Å². The number of hydrogen-bond donors (Lipinski definition) is 0. The Hall–Kier alpha value is -1.50. The molecule has 0 bridgehead atoms. The van der Waals surface area contributed by atoms with Gasteiger partial charge in [0.2, 0.25) is 12.2 Å². The van der Waals surface area contributed by atoms with E-state index in [2.05, 4.69) is 16.6 Å². The van der Waals surface area contributed by atoms with Gasteiger partial charge in [0.1, 0.15) is 0 Å². The Bertz CT molecular complexity index is 280. The summed E-state index contributed by atoms with van der Waals surface area (Å²) >= 11 is 0. The summed E-state index contributed by atoms with van der Waals surface area (Å²) in [6, 6.07) is 0. The van der Waals surface area contributed by atoms with E-state index in [1.807, 2.05) is 0 Å². The van der Waals surface area contributed by atoms with E-state index in [4.69, 9.17) is 0 Å². The third-order valence-electron chi connectivity index (χ3n) is 2.27. The van der Waals surface area contributed by atoms with Gasteiger partial charge < -0.3 is 0 Å². The third kappa shape index (κ3) is 2.22. The van der Waals surface area contributed by atoms with Crippen molar-refractivity contribution in [2.24, 2.45) is 9.98 Å². The van der Waals surface area contributed by atoms with Gasteiger partial charge in [-0.05, 0) is 25.7 Å². The highest BCUT2D eigenvalue weighted by Gasteiger charge is 2.32. The lowest BCUT2D eigenvalue weighted by molar-refractivity contribution is 0.348. The maximum absolute atomic E-state index is 10.1. The number of hydrogen-bond acceptors (Lipinski definition) is 4. The second kappa shape index (κ2) is 3.94. The van der Waals surface area contributed by atoms with Gasteiger partial charge >= 0.3 is 0 Å². The molecule has 0 spiro atoms. The average molecular weight is 178 g/mol. The maximum Gasteiger partial charge on any atom is 0.237 e. The molecular weight excluding hydrogens is 168 g/mol. The fourth-order valence-corrected chi connectivity index (χ4v) is 1.42. The molecule has 1 aliphatic rings. The van der Waals surface area contributed by atoms with Crippen molar-refractivity contribution < 1.29 is 9.59 Å². The van der Waals surface area contributed by atoms with Crippen molar-refractivity contribution in [1.82, 2.24) is 0 Å². The van der Waals surface area contributed by atoms with Crippen molar-refractivity contribution >= 4 is 12.2 Å². The Balaban J connectivity index is 2.86. The van der Waals surface area contributed by atoms with Gasteiger partial charge in [0.15, 0.2) is 5.66 Å². The molecule has 4 nitrogen and oxygen atoms in total. The van der Waals surface area contributed by atoms with Crippen LogP contribution < -0.4 is 0 Å². The number of isocyanates is 2. The second-order valence-corrected chi connectivity index (χ2v) is 3.14. The highest BCUT2D eigenvalue weighted by molar-refractivity contribution is 5.39. The van der Waals surface area contributed by atoms with Crippen molar-refractivity contribution in [2.45, 2.75) is 31.3 Å². The Morgan fingerprint density at radius 1 is 1.15 bits per heavy atom. The van der Waals surface area contributed by atoms with Crippen LogP contribution in [0.1, 0.15) is 25.7 Å². The van der Waals surface area contributed by atoms with Crippen molar-refractivity contribution in [3.8, 4) is 0 Å². The molecule has 0 aliphatic heterocycles. The van der Waals surface area contributed by atoms with Gasteiger partial charge in [0.05, 0.1) is 0 Å². The molecule has 0 aromatic heterocycles. The highest BCUT2D eigenvalue weighted by Crippen LogP contribution is 2.34. The molecule has 1 aliphatic carbocycles. The molecule has 0 heterocycles. The first-order valence-electron chi connectivity index (χ1n) is 4.07. The molecule has 0 atom stereocenters. The van der Waals surface area contributed by atoms with E-state index in [1.165, 1.54) is 12.2 Å². The van der Waals surface area contributed by atoms with Gasteiger partial charge in [-0.2, -0.15) is 9.98 Å². The van der Waals surface area contributed by atoms with Crippen LogP contribution in [0.25, 0.3) is 0 Å². The molecule has 0 N–H and O–H groups in total. The standard InChI is InChI=1S/C9H10N2O2/c1-8-2-4-9(5-3-8,10-6-12)11-7-13/h1-5H2. The fraction of sp³-hybridized carbons (Fsp3) is 0.556. The number of nitrogens with zero attached hydrogens (tertiary/aromatic N) is 2. The first kappa shape index (κ1) is 9.59. The maximum atomic E-state index is 10.1. The SMILES string of the molecule is C=C1CCC(N=C=O)(N=C=O)CC1. The molecule has 0 saturated heterocycles. The van der Waals surface area contributed by atoms with Crippen LogP contribution in [0.4, 0.5) is 0 Å². The molecular formula is C9H10N2O2. The molecule has 1 rings (SSSR count). The van der Waals surface area contributed by atoms with Crippen LogP contribution in [-0.2, 0) is 9.59 Å². The van der Waals surface area contributed by atoms with Crippen molar-refractivity contribution in [3.05, 3.63) is 12.2 Å². The number of rotatable bonds is 2. The van der Waals surface area contributed by atoms with E-state index in [1.54, 1.807) is 0 Å². The molecule has 0 aromatic carbocycles. The first-order chi connectivity index (χ1) is 6.22. The Kier molecular flexibility index (Phi) is 2.91. The summed E-state index contributed by atoms with van der Waals surface area (Å²) in [6.45, 7) is 3.82. The molecule has 4 heteroatoms. The second-order valence-electron chi connectivity index (χ2n) is 3.14. The van der Waals surface area contributed by atoms with Crippen molar-refractivity contribution in [1.29, 1.82) is 0 Å². The number of carbonyl (C=O) groups excluding carboxylic acids is 2. The van der Waals surface area contributed by atoms with Crippen LogP contribution in [0.3, 0.4) is 0 Å². The summed E-state index contributed by atoms with van der Waals surface area (Å²) in [5.41, 5.74) is 0.211. The predicted molar refractivity (Wildman–Crippen MR) is 46.6 cm³/mol. The van der Waals surface area contributed by atoms with Gasteiger partial charge in [-0.25, -0.2) is 9.59 Å². The van der Waals surface area contributed by atoms with Gasteiger partial charge in [0.25, 0.3) is 0 Å². The summed E-state index contributed by atoms with van der Waals surface area (Å²) in [5, 5.41) is 0. The minimum atomic E-state index is -0.898. The molecule has 0 radical (unpaired) electrons. The molecule has 0 amide bonds. The summed E-state index contributed by atoms with van der Waals surface area (Å²) in [4.78, 5) is 27.4. The minimum Gasteiger partial charge on any atom is -0.211 e. The van der Waals surface area contributed by atoms with E-state index in [0.29, 0.717) is 12.8 Å². The van der Waals surface area contributed by atoms with Crippen molar-refractivity contribution in [3.63, 3.8) is 0 Å². The minimum absolute atomic E-state index is 0.552. The summed E-state index contributed by atoms with van der Waals surface area (Å²) in [6.07, 6.45) is 5.50. The number of allylic oxidation sites excluding steroid dienone is 1. The van der Waals surface area contributed by atoms with Crippen LogP contribution in [0.5, 0.6) is 0 Å². The molecule has 0 aromatic rings. The van der Waals surface area contributed by atoms with Gasteiger partial charge in [-0.3, -0.25) is 0 Å². The zero-order valence-electron chi connectivity index (χ0n) is 7.25. The van der Waals surface area contributed by atoms with Crippen molar-refractivity contribution in [2.75, 3.05) is 0 Å². The van der Waals surface area contributed by atoms with E-state index < -0.39 is 5.66 Å². The number of aliphatic imine (C=N–C) groups is 2. The average Bonchev–Trinajstić information content (AvgIpc) is 2.11. The van der Waals surface area contributed by atoms with Gasteiger partial charge in [-0.1, -0.05) is 12.2 Å². The quantitative estimate of drug-likeness (QED) is 0.365. The fourth-order valence-electron chi connectivity index (χ4n) is 1.42. The topological polar surface area (TPSA) is 58.9 Å². The smallest absolute Gasteiger partial charge is 0.211 e. The van der Waals surface area contributed by atoms with Crippen LogP contribution in [0.15, 0.2) is 22.1 Å². The Labute approximate surface area is 76.1 Å². The lowest BCUT2D eigenvalue weighted by atomic mass is 9.87. The molecule has 0 unspecified atom stereocenters. The highest BCUT2D eigenvalue weighted by atomic mass is 16.1. The largest absolute Gasteiger partial charge is 0.237 e. The monoisotopic (exact) mass is 178 g/mol. The molecule has 1 fully saturated rings. The molecule has 1 saturated carbocycles. The Morgan fingerprint density at radius 2 is 1.62 bits per heavy atom. The third-order valence-corrected chi connectivity index (χ3v) is 2.27. The van der Waals surface area contributed by atoms with Gasteiger partial charge in [-0.15, -0.1) is 0 Å². The summed E-state index contributed by atoms with van der Waals surface area (Å²) < 4.78 is 0. The van der Waals surface area contributed by atoms with Crippen LogP contribution >= 0.6 is 0 Å². The zero-order valence-corrected chi connectivity index (χ0v) is 7.25. The predicted octanol–water partition coefficient (Wildman–Crippen LogP) is 1.48. The van der Waals surface area contributed by atoms with E-state index >= 15 is 0 Å². The van der Waals surface area contributed by atoms with Gasteiger partial charge in [0, 0.05) is 0 Å². The Morgan fingerprint density at radius 3 is 2.00 bits per heavy atom. The summed E-state index contributed by atoms with van der Waals surface area (Å²) in [7, 11) is 0. The lowest BCUT2D eigenvalue weighted by Crippen LogP contribution is -2.27. The van der Waals surface area contributed by atoms with Crippen LogP contribution in [0.2, 0.25) is 0 Å². The van der Waals surface area contributed by atoms with Crippen LogP contribution in [0, 0.1) is 0 Å². The van der Waals surface area contributed by atoms with E-state index in [-0.39, 0.29) is 0 Å². The summed E-state index contributed by atoms with van der Waals surface area (Å²) in [5.74, 6) is 0. The first-order valence-corrected chi connectivity index (χ1v) is 4.07. The zero-order chi connectivity index (χ0) is 9.73. The molecule has 13 heavy (non-hydrogen) atoms. The van der Waals surface area contributed by atoms with E-state index in [0.717, 1.165) is 18.4 Å².